The zero-order valence-electron chi connectivity index (χ0n) is 17.1. The molecule has 1 aromatic rings. The number of piperidine rings is 1. The van der Waals surface area contributed by atoms with Crippen LogP contribution in [0.2, 0.25) is 0 Å². The third kappa shape index (κ3) is 5.73. The van der Waals surface area contributed by atoms with Crippen LogP contribution in [0.25, 0.3) is 0 Å². The summed E-state index contributed by atoms with van der Waals surface area (Å²) in [5.74, 6) is -0.153. The third-order valence-corrected chi connectivity index (χ3v) is 7.90. The van der Waals surface area contributed by atoms with Gasteiger partial charge in [-0.1, -0.05) is 28.1 Å². The number of amides is 2. The standard InChI is InChI=1S/C20H28BrN3O5S/c1-2-29-20(26)23-12-10-22(11-13-23)19(25)17-6-8-24(9-7-17)30(27,28)15-16-4-3-5-18(21)14-16/h3-5,14,17H,2,6-13,15H2,1H3. The van der Waals surface area contributed by atoms with Gasteiger partial charge in [-0.2, -0.15) is 0 Å². The molecule has 2 heterocycles. The first-order chi connectivity index (χ1) is 14.3. The van der Waals surface area contributed by atoms with Gasteiger partial charge < -0.3 is 14.5 Å². The molecule has 0 aromatic heterocycles. The van der Waals surface area contributed by atoms with Crippen LogP contribution in [0, 0.1) is 5.92 Å². The van der Waals surface area contributed by atoms with Crippen LogP contribution in [0.4, 0.5) is 4.79 Å². The fourth-order valence-electron chi connectivity index (χ4n) is 3.89. The van der Waals surface area contributed by atoms with Crippen molar-refractivity contribution < 1.29 is 22.7 Å². The Labute approximate surface area is 186 Å². The summed E-state index contributed by atoms with van der Waals surface area (Å²) in [6.45, 7) is 4.71. The molecule has 0 spiro atoms. The second-order valence-corrected chi connectivity index (χ2v) is 10.5. The number of carbonyl (C=O) groups excluding carboxylic acids is 2. The highest BCUT2D eigenvalue weighted by molar-refractivity contribution is 9.10. The van der Waals surface area contributed by atoms with Crippen molar-refractivity contribution in [1.82, 2.24) is 14.1 Å². The van der Waals surface area contributed by atoms with E-state index in [0.717, 1.165) is 10.0 Å². The number of rotatable bonds is 5. The minimum Gasteiger partial charge on any atom is -0.450 e. The number of piperazine rings is 1. The van der Waals surface area contributed by atoms with Gasteiger partial charge in [-0.15, -0.1) is 0 Å². The van der Waals surface area contributed by atoms with E-state index in [1.54, 1.807) is 22.8 Å². The molecule has 0 unspecified atom stereocenters. The maximum atomic E-state index is 12.9. The fourth-order valence-corrected chi connectivity index (χ4v) is 5.89. The lowest BCUT2D eigenvalue weighted by Gasteiger charge is -2.38. The molecule has 2 aliphatic rings. The van der Waals surface area contributed by atoms with Crippen molar-refractivity contribution in [2.24, 2.45) is 5.92 Å². The zero-order chi connectivity index (χ0) is 21.7. The summed E-state index contributed by atoms with van der Waals surface area (Å²) in [6, 6.07) is 7.29. The molecule has 2 aliphatic heterocycles. The van der Waals surface area contributed by atoms with Crippen LogP contribution in [-0.4, -0.2) is 80.4 Å². The minimum atomic E-state index is -3.42. The summed E-state index contributed by atoms with van der Waals surface area (Å²) in [7, 11) is -3.42. The summed E-state index contributed by atoms with van der Waals surface area (Å²) < 4.78 is 32.9. The molecule has 0 bridgehead atoms. The Morgan fingerprint density at radius 1 is 1.07 bits per heavy atom. The van der Waals surface area contributed by atoms with Gasteiger partial charge in [0.25, 0.3) is 0 Å². The lowest BCUT2D eigenvalue weighted by atomic mass is 9.96. The number of benzene rings is 1. The van der Waals surface area contributed by atoms with Gasteiger partial charge in [0.1, 0.15) is 0 Å². The Balaban J connectivity index is 1.49. The van der Waals surface area contributed by atoms with E-state index >= 15 is 0 Å². The molecule has 2 fully saturated rings. The maximum Gasteiger partial charge on any atom is 0.409 e. The van der Waals surface area contributed by atoms with Crippen LogP contribution in [0.15, 0.2) is 28.7 Å². The van der Waals surface area contributed by atoms with Crippen LogP contribution < -0.4 is 0 Å². The van der Waals surface area contributed by atoms with E-state index in [2.05, 4.69) is 15.9 Å². The lowest BCUT2D eigenvalue weighted by molar-refractivity contribution is -0.138. The summed E-state index contributed by atoms with van der Waals surface area (Å²) in [6.07, 6.45) is 0.706. The molecule has 166 valence electrons. The van der Waals surface area contributed by atoms with Gasteiger partial charge in [0.2, 0.25) is 15.9 Å². The van der Waals surface area contributed by atoms with E-state index in [9.17, 15) is 18.0 Å². The van der Waals surface area contributed by atoms with E-state index in [1.807, 2.05) is 18.2 Å². The molecule has 1 aromatic carbocycles. The number of ether oxygens (including phenoxy) is 1. The predicted molar refractivity (Wildman–Crippen MR) is 116 cm³/mol. The number of hydrogen-bond donors (Lipinski definition) is 0. The first-order valence-electron chi connectivity index (χ1n) is 10.2. The van der Waals surface area contributed by atoms with Gasteiger partial charge in [0, 0.05) is 49.7 Å². The minimum absolute atomic E-state index is 0.0408. The molecule has 0 atom stereocenters. The molecule has 3 rings (SSSR count). The molecule has 0 N–H and O–H groups in total. The molecule has 0 aliphatic carbocycles. The quantitative estimate of drug-likeness (QED) is 0.617. The van der Waals surface area contributed by atoms with E-state index in [1.165, 1.54) is 4.31 Å². The molecule has 0 saturated carbocycles. The van der Waals surface area contributed by atoms with Crippen molar-refractivity contribution in [3.63, 3.8) is 0 Å². The second-order valence-electron chi connectivity index (χ2n) is 7.57. The number of nitrogens with zero attached hydrogens (tertiary/aromatic N) is 3. The highest BCUT2D eigenvalue weighted by atomic mass is 79.9. The topological polar surface area (TPSA) is 87.2 Å². The van der Waals surface area contributed by atoms with E-state index < -0.39 is 10.0 Å². The number of hydrogen-bond acceptors (Lipinski definition) is 5. The first-order valence-corrected chi connectivity index (χ1v) is 12.6. The van der Waals surface area contributed by atoms with Gasteiger partial charge in [-0.3, -0.25) is 4.79 Å². The summed E-state index contributed by atoms with van der Waals surface area (Å²) in [4.78, 5) is 28.0. The van der Waals surface area contributed by atoms with Crippen molar-refractivity contribution in [2.45, 2.75) is 25.5 Å². The largest absolute Gasteiger partial charge is 0.450 e. The van der Waals surface area contributed by atoms with Crippen LogP contribution in [0.3, 0.4) is 0 Å². The molecular weight excluding hydrogens is 474 g/mol. The van der Waals surface area contributed by atoms with Crippen LogP contribution in [-0.2, 0) is 25.3 Å². The average Bonchev–Trinajstić information content (AvgIpc) is 2.73. The number of halogens is 1. The molecule has 2 amide bonds. The number of carbonyl (C=O) groups is 2. The third-order valence-electron chi connectivity index (χ3n) is 5.55. The van der Waals surface area contributed by atoms with Gasteiger partial charge in [0.15, 0.2) is 0 Å². The Bertz CT molecular complexity index is 863. The van der Waals surface area contributed by atoms with E-state index in [0.29, 0.717) is 58.7 Å². The Morgan fingerprint density at radius 3 is 2.30 bits per heavy atom. The van der Waals surface area contributed by atoms with Crippen molar-refractivity contribution >= 4 is 38.0 Å². The summed E-state index contributed by atoms with van der Waals surface area (Å²) in [5.41, 5.74) is 0.738. The van der Waals surface area contributed by atoms with Gasteiger partial charge in [-0.25, -0.2) is 17.5 Å². The normalized spacial score (nSPS) is 19.0. The van der Waals surface area contributed by atoms with Gasteiger partial charge >= 0.3 is 6.09 Å². The molecule has 2 saturated heterocycles. The predicted octanol–water partition coefficient (Wildman–Crippen LogP) is 2.29. The first kappa shape index (κ1) is 23.0. The molecular formula is C20H28BrN3O5S. The SMILES string of the molecule is CCOC(=O)N1CCN(C(=O)C2CCN(S(=O)(=O)Cc3cccc(Br)c3)CC2)CC1. The highest BCUT2D eigenvalue weighted by Crippen LogP contribution is 2.24. The van der Waals surface area contributed by atoms with Gasteiger partial charge in [-0.05, 0) is 37.5 Å². The average molecular weight is 502 g/mol. The fraction of sp³-hybridized carbons (Fsp3) is 0.600. The van der Waals surface area contributed by atoms with Crippen molar-refractivity contribution in [3.05, 3.63) is 34.3 Å². The molecule has 0 radical (unpaired) electrons. The van der Waals surface area contributed by atoms with Crippen molar-refractivity contribution in [3.8, 4) is 0 Å². The highest BCUT2D eigenvalue weighted by Gasteiger charge is 2.34. The monoisotopic (exact) mass is 501 g/mol. The zero-order valence-corrected chi connectivity index (χ0v) is 19.5. The Hall–Kier alpha value is -1.65. The van der Waals surface area contributed by atoms with Crippen LogP contribution in [0.5, 0.6) is 0 Å². The van der Waals surface area contributed by atoms with Crippen LogP contribution >= 0.6 is 15.9 Å². The molecule has 30 heavy (non-hydrogen) atoms. The van der Waals surface area contributed by atoms with E-state index in [4.69, 9.17) is 4.74 Å². The van der Waals surface area contributed by atoms with Gasteiger partial charge in [0.05, 0.1) is 12.4 Å². The smallest absolute Gasteiger partial charge is 0.409 e. The van der Waals surface area contributed by atoms with Crippen molar-refractivity contribution in [1.29, 1.82) is 0 Å². The number of sulfonamides is 1. The molecule has 8 nitrogen and oxygen atoms in total. The van der Waals surface area contributed by atoms with Crippen LogP contribution in [0.1, 0.15) is 25.3 Å². The lowest BCUT2D eigenvalue weighted by Crippen LogP contribution is -2.53. The summed E-state index contributed by atoms with van der Waals surface area (Å²) >= 11 is 3.37. The Kier molecular flexibility index (Phi) is 7.75. The summed E-state index contributed by atoms with van der Waals surface area (Å²) in [5, 5.41) is 0. The van der Waals surface area contributed by atoms with E-state index in [-0.39, 0.29) is 23.7 Å². The molecule has 10 heteroatoms. The Morgan fingerprint density at radius 2 is 1.70 bits per heavy atom. The maximum absolute atomic E-state index is 12.9. The second kappa shape index (κ2) is 10.1. The van der Waals surface area contributed by atoms with Crippen molar-refractivity contribution in [2.75, 3.05) is 45.9 Å².